The molecule has 1 atom stereocenters. The second kappa shape index (κ2) is 11.4. The zero-order chi connectivity index (χ0) is 28.3. The number of fused-ring (bicyclic) bond motifs is 1. The molecule has 5 nitrogen and oxygen atoms in total. The molecule has 2 amide bonds. The SMILES string of the molecule is O=C(Nc1ccc2c(c1)CCN(C(=O)C(CO)c1ccccc1)C2)c1cc(C(F)(F)F)ccc1-c1ccccc1. The van der Waals surface area contributed by atoms with E-state index in [9.17, 15) is 27.9 Å². The topological polar surface area (TPSA) is 69.6 Å². The lowest BCUT2D eigenvalue weighted by Gasteiger charge is -2.32. The molecule has 1 heterocycles. The maximum absolute atomic E-state index is 13.5. The summed E-state index contributed by atoms with van der Waals surface area (Å²) in [4.78, 5) is 28.2. The van der Waals surface area contributed by atoms with Gasteiger partial charge in [-0.2, -0.15) is 13.2 Å². The van der Waals surface area contributed by atoms with Crippen LogP contribution in [0.25, 0.3) is 11.1 Å². The van der Waals surface area contributed by atoms with Crippen LogP contribution in [-0.4, -0.2) is 35.0 Å². The smallest absolute Gasteiger partial charge is 0.395 e. The number of nitrogens with zero attached hydrogens (tertiary/aromatic N) is 1. The number of halogens is 3. The number of anilines is 1. The highest BCUT2D eigenvalue weighted by atomic mass is 19.4. The van der Waals surface area contributed by atoms with Crippen molar-refractivity contribution in [3.63, 3.8) is 0 Å². The third-order valence-corrected chi connectivity index (χ3v) is 7.15. The molecule has 5 rings (SSSR count). The third-order valence-electron chi connectivity index (χ3n) is 7.15. The van der Waals surface area contributed by atoms with Crippen molar-refractivity contribution in [2.45, 2.75) is 25.1 Å². The first-order chi connectivity index (χ1) is 19.2. The van der Waals surface area contributed by atoms with Gasteiger partial charge in [-0.1, -0.05) is 72.8 Å². The Kier molecular flexibility index (Phi) is 7.71. The molecule has 8 heteroatoms. The van der Waals surface area contributed by atoms with Crippen molar-refractivity contribution in [2.24, 2.45) is 0 Å². The summed E-state index contributed by atoms with van der Waals surface area (Å²) in [5.41, 5.74) is 3.11. The van der Waals surface area contributed by atoms with E-state index in [0.29, 0.717) is 36.3 Å². The summed E-state index contributed by atoms with van der Waals surface area (Å²) in [6, 6.07) is 26.4. The Morgan fingerprint density at radius 1 is 0.875 bits per heavy atom. The van der Waals surface area contributed by atoms with Crippen molar-refractivity contribution >= 4 is 17.5 Å². The first kappa shape index (κ1) is 27.1. The molecule has 4 aromatic rings. The number of hydrogen-bond acceptors (Lipinski definition) is 3. The second-order valence-electron chi connectivity index (χ2n) is 9.72. The summed E-state index contributed by atoms with van der Waals surface area (Å²) in [5, 5.41) is 12.7. The largest absolute Gasteiger partial charge is 0.416 e. The highest BCUT2D eigenvalue weighted by Gasteiger charge is 2.32. The Morgan fingerprint density at radius 2 is 1.57 bits per heavy atom. The van der Waals surface area contributed by atoms with E-state index in [1.165, 1.54) is 6.07 Å². The van der Waals surface area contributed by atoms with Gasteiger partial charge in [0.15, 0.2) is 0 Å². The number of aliphatic hydroxyl groups excluding tert-OH is 1. The Bertz CT molecular complexity index is 1520. The highest BCUT2D eigenvalue weighted by molar-refractivity contribution is 6.09. The van der Waals surface area contributed by atoms with E-state index in [2.05, 4.69) is 5.32 Å². The van der Waals surface area contributed by atoms with Crippen molar-refractivity contribution in [3.8, 4) is 11.1 Å². The van der Waals surface area contributed by atoms with Gasteiger partial charge in [-0.3, -0.25) is 9.59 Å². The molecule has 4 aromatic carbocycles. The van der Waals surface area contributed by atoms with E-state index in [4.69, 9.17) is 0 Å². The quantitative estimate of drug-likeness (QED) is 0.300. The summed E-state index contributed by atoms with van der Waals surface area (Å²) in [6.07, 6.45) is -4.05. The highest BCUT2D eigenvalue weighted by Crippen LogP contribution is 2.34. The number of amides is 2. The summed E-state index contributed by atoms with van der Waals surface area (Å²) < 4.78 is 40.4. The minimum Gasteiger partial charge on any atom is -0.395 e. The minimum atomic E-state index is -4.59. The molecule has 0 saturated carbocycles. The van der Waals surface area contributed by atoms with Crippen molar-refractivity contribution in [1.29, 1.82) is 0 Å². The maximum atomic E-state index is 13.5. The summed E-state index contributed by atoms with van der Waals surface area (Å²) in [5.74, 6) is -1.45. The summed E-state index contributed by atoms with van der Waals surface area (Å²) in [6.45, 7) is 0.507. The molecular weight excluding hydrogens is 517 g/mol. The van der Waals surface area contributed by atoms with Gasteiger partial charge in [0.25, 0.3) is 5.91 Å². The number of aliphatic hydroxyl groups is 1. The van der Waals surface area contributed by atoms with Gasteiger partial charge in [0.05, 0.1) is 18.1 Å². The fraction of sp³-hybridized carbons (Fsp3) is 0.188. The monoisotopic (exact) mass is 544 g/mol. The van der Waals surface area contributed by atoms with Crippen molar-refractivity contribution in [3.05, 3.63) is 125 Å². The second-order valence-corrected chi connectivity index (χ2v) is 9.72. The van der Waals surface area contributed by atoms with E-state index in [-0.39, 0.29) is 18.1 Å². The lowest BCUT2D eigenvalue weighted by atomic mass is 9.94. The molecule has 40 heavy (non-hydrogen) atoms. The van der Waals surface area contributed by atoms with E-state index in [1.54, 1.807) is 47.4 Å². The third kappa shape index (κ3) is 5.77. The number of nitrogens with one attached hydrogen (secondary N) is 1. The number of alkyl halides is 3. The van der Waals surface area contributed by atoms with Gasteiger partial charge in [-0.25, -0.2) is 0 Å². The van der Waals surface area contributed by atoms with Gasteiger partial charge in [0.1, 0.15) is 0 Å². The van der Waals surface area contributed by atoms with Gasteiger partial charge in [-0.05, 0) is 58.5 Å². The predicted octanol–water partition coefficient (Wildman–Crippen LogP) is 6.29. The van der Waals surface area contributed by atoms with Crippen molar-refractivity contribution in [1.82, 2.24) is 4.90 Å². The standard InChI is InChI=1S/C32H27F3N2O3/c33-32(34,35)25-12-14-27(21-7-3-1-4-8-21)28(18-25)30(39)36-26-13-11-24-19-37(16-15-23(24)17-26)31(40)29(20-38)22-9-5-2-6-10-22/h1-14,17-18,29,38H,15-16,19-20H2,(H,36,39). The predicted molar refractivity (Wildman–Crippen MR) is 147 cm³/mol. The zero-order valence-electron chi connectivity index (χ0n) is 21.5. The van der Waals surface area contributed by atoms with E-state index >= 15 is 0 Å². The number of rotatable bonds is 6. The molecule has 0 spiro atoms. The van der Waals surface area contributed by atoms with Gasteiger partial charge < -0.3 is 15.3 Å². The molecule has 1 aliphatic rings. The Balaban J connectivity index is 1.36. The summed E-state index contributed by atoms with van der Waals surface area (Å²) in [7, 11) is 0. The molecule has 0 aliphatic carbocycles. The molecule has 0 bridgehead atoms. The molecule has 0 saturated heterocycles. The lowest BCUT2D eigenvalue weighted by Crippen LogP contribution is -2.40. The molecular formula is C32H27F3N2O3. The Morgan fingerprint density at radius 3 is 2.25 bits per heavy atom. The molecule has 204 valence electrons. The molecule has 1 aliphatic heterocycles. The molecule has 1 unspecified atom stereocenters. The van der Waals surface area contributed by atoms with E-state index in [0.717, 1.165) is 28.8 Å². The van der Waals surface area contributed by atoms with E-state index < -0.39 is 23.6 Å². The molecule has 2 N–H and O–H groups in total. The number of benzene rings is 4. The van der Waals surface area contributed by atoms with Gasteiger partial charge >= 0.3 is 6.18 Å². The van der Waals surface area contributed by atoms with Crippen LogP contribution in [0.4, 0.5) is 18.9 Å². The van der Waals surface area contributed by atoms with Crippen LogP contribution >= 0.6 is 0 Å². The summed E-state index contributed by atoms with van der Waals surface area (Å²) >= 11 is 0. The van der Waals surface area contributed by atoms with Crippen LogP contribution in [0.15, 0.2) is 97.1 Å². The number of carbonyl (C=O) groups is 2. The van der Waals surface area contributed by atoms with Gasteiger partial charge in [-0.15, -0.1) is 0 Å². The van der Waals surface area contributed by atoms with Crippen LogP contribution in [0.5, 0.6) is 0 Å². The van der Waals surface area contributed by atoms with Crippen LogP contribution in [-0.2, 0) is 23.9 Å². The Labute approximate surface area is 229 Å². The average Bonchev–Trinajstić information content (AvgIpc) is 2.97. The number of carbonyl (C=O) groups excluding carboxylic acids is 2. The van der Waals surface area contributed by atoms with Crippen LogP contribution in [0.1, 0.15) is 38.5 Å². The first-order valence-corrected chi connectivity index (χ1v) is 12.9. The normalized spacial score (nSPS) is 13.8. The number of hydrogen-bond donors (Lipinski definition) is 2. The van der Waals surface area contributed by atoms with Crippen LogP contribution in [0.3, 0.4) is 0 Å². The molecule has 0 aromatic heterocycles. The maximum Gasteiger partial charge on any atom is 0.416 e. The van der Waals surface area contributed by atoms with Crippen LogP contribution in [0, 0.1) is 0 Å². The van der Waals surface area contributed by atoms with Crippen molar-refractivity contribution < 1.29 is 27.9 Å². The first-order valence-electron chi connectivity index (χ1n) is 12.9. The lowest BCUT2D eigenvalue weighted by molar-refractivity contribution is -0.137. The minimum absolute atomic E-state index is 0.0773. The van der Waals surface area contributed by atoms with Crippen LogP contribution < -0.4 is 5.32 Å². The molecule has 0 radical (unpaired) electrons. The molecule has 0 fully saturated rings. The van der Waals surface area contributed by atoms with Gasteiger partial charge in [0.2, 0.25) is 5.91 Å². The average molecular weight is 545 g/mol. The van der Waals surface area contributed by atoms with Gasteiger partial charge in [0, 0.05) is 24.3 Å². The zero-order valence-corrected chi connectivity index (χ0v) is 21.5. The van der Waals surface area contributed by atoms with Crippen LogP contribution in [0.2, 0.25) is 0 Å². The Hall–Kier alpha value is -4.43. The van der Waals surface area contributed by atoms with Crippen molar-refractivity contribution in [2.75, 3.05) is 18.5 Å². The fourth-order valence-corrected chi connectivity index (χ4v) is 5.03. The fourth-order valence-electron chi connectivity index (χ4n) is 5.03. The van der Waals surface area contributed by atoms with E-state index in [1.807, 2.05) is 36.4 Å².